The van der Waals surface area contributed by atoms with Crippen LogP contribution in [0.1, 0.15) is 36.1 Å². The summed E-state index contributed by atoms with van der Waals surface area (Å²) < 4.78 is 0. The molecule has 0 amide bonds. The molecule has 2 aromatic rings. The van der Waals surface area contributed by atoms with Gasteiger partial charge in [-0.05, 0) is 41.9 Å². The lowest BCUT2D eigenvalue weighted by Crippen LogP contribution is -2.22. The van der Waals surface area contributed by atoms with Gasteiger partial charge in [0.2, 0.25) is 0 Å². The predicted molar refractivity (Wildman–Crippen MR) is 94.8 cm³/mol. The fourth-order valence-corrected chi connectivity index (χ4v) is 2.65. The molecule has 1 N–H and O–H groups in total. The number of hydrogen-bond acceptors (Lipinski definition) is 3. The second kappa shape index (κ2) is 9.09. The van der Waals surface area contributed by atoms with E-state index < -0.39 is 0 Å². The first-order valence-electron chi connectivity index (χ1n) is 8.25. The predicted octanol–water partition coefficient (Wildman–Crippen LogP) is 3.69. The van der Waals surface area contributed by atoms with Crippen molar-refractivity contribution in [2.24, 2.45) is 0 Å². The molecule has 0 heterocycles. The average molecular weight is 307 g/mol. The molecule has 0 saturated carbocycles. The number of benzene rings is 2. The highest BCUT2D eigenvalue weighted by Gasteiger charge is 2.02. The Morgan fingerprint density at radius 2 is 1.52 bits per heavy atom. The molecule has 0 aliphatic heterocycles. The van der Waals surface area contributed by atoms with Crippen LogP contribution in [-0.2, 0) is 19.6 Å². The molecule has 3 heteroatoms. The molecular weight excluding hydrogens is 282 g/mol. The zero-order valence-electron chi connectivity index (χ0n) is 14.0. The van der Waals surface area contributed by atoms with E-state index in [9.17, 15) is 0 Å². The maximum Gasteiger partial charge on any atom is 0.0991 e. The lowest BCUT2D eigenvalue weighted by Gasteiger charge is -2.18. The van der Waals surface area contributed by atoms with Crippen LogP contribution in [0.25, 0.3) is 0 Å². The Balaban J connectivity index is 1.89. The van der Waals surface area contributed by atoms with Crippen LogP contribution in [0.3, 0.4) is 0 Å². The van der Waals surface area contributed by atoms with Crippen LogP contribution in [0.2, 0.25) is 0 Å². The summed E-state index contributed by atoms with van der Waals surface area (Å²) >= 11 is 0. The third kappa shape index (κ3) is 5.52. The number of nitriles is 1. The van der Waals surface area contributed by atoms with Gasteiger partial charge in [-0.15, -0.1) is 0 Å². The third-order valence-corrected chi connectivity index (χ3v) is 4.01. The van der Waals surface area contributed by atoms with Gasteiger partial charge in [-0.25, -0.2) is 0 Å². The monoisotopic (exact) mass is 307 g/mol. The zero-order chi connectivity index (χ0) is 16.5. The molecule has 0 spiro atoms. The molecule has 2 aromatic carbocycles. The lowest BCUT2D eigenvalue weighted by atomic mass is 10.1. The van der Waals surface area contributed by atoms with Gasteiger partial charge in [-0.3, -0.25) is 4.90 Å². The van der Waals surface area contributed by atoms with Crippen molar-refractivity contribution in [2.45, 2.75) is 33.5 Å². The summed E-state index contributed by atoms with van der Waals surface area (Å²) in [4.78, 5) is 2.42. The zero-order valence-corrected chi connectivity index (χ0v) is 14.0. The normalized spacial score (nSPS) is 10.7. The van der Waals surface area contributed by atoms with E-state index in [-0.39, 0.29) is 0 Å². The Morgan fingerprint density at radius 3 is 2.17 bits per heavy atom. The minimum atomic E-state index is 0.713. The number of nitrogens with one attached hydrogen (secondary N) is 1. The summed E-state index contributed by atoms with van der Waals surface area (Å²) in [7, 11) is 0. The van der Waals surface area contributed by atoms with Gasteiger partial charge in [0.1, 0.15) is 0 Å². The van der Waals surface area contributed by atoms with E-state index in [2.05, 4.69) is 54.4 Å². The lowest BCUT2D eigenvalue weighted by molar-refractivity contribution is 0.296. The van der Waals surface area contributed by atoms with Crippen LogP contribution < -0.4 is 5.32 Å². The van der Waals surface area contributed by atoms with Gasteiger partial charge in [-0.1, -0.05) is 50.2 Å². The van der Waals surface area contributed by atoms with Crippen molar-refractivity contribution in [1.82, 2.24) is 10.2 Å². The summed E-state index contributed by atoms with van der Waals surface area (Å²) in [6.45, 7) is 9.17. The van der Waals surface area contributed by atoms with Gasteiger partial charge in [-0.2, -0.15) is 5.26 Å². The summed E-state index contributed by atoms with van der Waals surface area (Å²) in [5.74, 6) is 0. The first-order valence-corrected chi connectivity index (χ1v) is 8.25. The highest BCUT2D eigenvalue weighted by atomic mass is 15.1. The van der Waals surface area contributed by atoms with Crippen LogP contribution in [0.4, 0.5) is 0 Å². The SMILES string of the molecule is CCN(CC)Cc1cccc(CNCc2cccc(C#N)c2)c1. The smallest absolute Gasteiger partial charge is 0.0991 e. The molecule has 0 aliphatic rings. The van der Waals surface area contributed by atoms with Gasteiger partial charge in [0.25, 0.3) is 0 Å². The highest BCUT2D eigenvalue weighted by Crippen LogP contribution is 2.09. The molecular formula is C20H25N3. The summed E-state index contributed by atoms with van der Waals surface area (Å²) in [6.07, 6.45) is 0. The van der Waals surface area contributed by atoms with Crippen molar-refractivity contribution >= 4 is 0 Å². The van der Waals surface area contributed by atoms with E-state index in [0.29, 0.717) is 5.56 Å². The number of hydrogen-bond donors (Lipinski definition) is 1. The van der Waals surface area contributed by atoms with Crippen LogP contribution in [0, 0.1) is 11.3 Å². The van der Waals surface area contributed by atoms with Gasteiger partial charge >= 0.3 is 0 Å². The van der Waals surface area contributed by atoms with Crippen LogP contribution >= 0.6 is 0 Å². The molecule has 0 bridgehead atoms. The summed E-state index contributed by atoms with van der Waals surface area (Å²) in [6, 6.07) is 18.7. The molecule has 0 fully saturated rings. The average Bonchev–Trinajstić information content (AvgIpc) is 2.60. The van der Waals surface area contributed by atoms with Crippen molar-refractivity contribution in [3.05, 3.63) is 70.8 Å². The minimum absolute atomic E-state index is 0.713. The molecule has 0 saturated heterocycles. The van der Waals surface area contributed by atoms with E-state index in [0.717, 1.165) is 38.3 Å². The van der Waals surface area contributed by atoms with E-state index >= 15 is 0 Å². The standard InChI is InChI=1S/C20H25N3/c1-3-23(4-2)16-20-10-6-9-19(12-20)15-22-14-18-8-5-7-17(11-18)13-21/h5-12,22H,3-4,14-16H2,1-2H3. The number of nitrogens with zero attached hydrogens (tertiary/aromatic N) is 2. The van der Waals surface area contributed by atoms with E-state index in [1.165, 1.54) is 11.1 Å². The maximum atomic E-state index is 8.93. The Labute approximate surface area is 139 Å². The molecule has 23 heavy (non-hydrogen) atoms. The van der Waals surface area contributed by atoms with E-state index in [1.54, 1.807) is 0 Å². The van der Waals surface area contributed by atoms with E-state index in [4.69, 9.17) is 5.26 Å². The largest absolute Gasteiger partial charge is 0.309 e. The topological polar surface area (TPSA) is 39.1 Å². The van der Waals surface area contributed by atoms with Crippen LogP contribution in [0.15, 0.2) is 48.5 Å². The fraction of sp³-hybridized carbons (Fsp3) is 0.350. The van der Waals surface area contributed by atoms with Gasteiger partial charge in [0.05, 0.1) is 11.6 Å². The Bertz CT molecular complexity index is 654. The summed E-state index contributed by atoms with van der Waals surface area (Å²) in [5, 5.41) is 12.4. The Kier molecular flexibility index (Phi) is 6.80. The number of rotatable bonds is 8. The first-order chi connectivity index (χ1) is 11.2. The third-order valence-electron chi connectivity index (χ3n) is 4.01. The molecule has 0 radical (unpaired) electrons. The van der Waals surface area contributed by atoms with E-state index in [1.807, 2.05) is 24.3 Å². The maximum absolute atomic E-state index is 8.93. The summed E-state index contributed by atoms with van der Waals surface area (Å²) in [5.41, 5.74) is 4.51. The highest BCUT2D eigenvalue weighted by molar-refractivity contribution is 5.32. The molecule has 0 aliphatic carbocycles. The Hall–Kier alpha value is -2.15. The molecule has 2 rings (SSSR count). The second-order valence-electron chi connectivity index (χ2n) is 5.70. The van der Waals surface area contributed by atoms with Crippen molar-refractivity contribution < 1.29 is 0 Å². The van der Waals surface area contributed by atoms with Crippen LogP contribution in [-0.4, -0.2) is 18.0 Å². The molecule has 3 nitrogen and oxygen atoms in total. The molecule has 0 unspecified atom stereocenters. The van der Waals surface area contributed by atoms with Gasteiger partial charge < -0.3 is 5.32 Å². The Morgan fingerprint density at radius 1 is 0.913 bits per heavy atom. The molecule has 120 valence electrons. The minimum Gasteiger partial charge on any atom is -0.309 e. The van der Waals surface area contributed by atoms with Crippen molar-refractivity contribution in [1.29, 1.82) is 5.26 Å². The second-order valence-corrected chi connectivity index (χ2v) is 5.70. The first kappa shape index (κ1) is 17.2. The molecule has 0 aromatic heterocycles. The fourth-order valence-electron chi connectivity index (χ4n) is 2.65. The van der Waals surface area contributed by atoms with Crippen molar-refractivity contribution in [2.75, 3.05) is 13.1 Å². The van der Waals surface area contributed by atoms with Crippen molar-refractivity contribution in [3.8, 4) is 6.07 Å². The van der Waals surface area contributed by atoms with Crippen molar-refractivity contribution in [3.63, 3.8) is 0 Å². The molecule has 0 atom stereocenters. The van der Waals surface area contributed by atoms with Gasteiger partial charge in [0.15, 0.2) is 0 Å². The van der Waals surface area contributed by atoms with Gasteiger partial charge in [0, 0.05) is 19.6 Å². The van der Waals surface area contributed by atoms with Crippen LogP contribution in [0.5, 0.6) is 0 Å². The quantitative estimate of drug-likeness (QED) is 0.808.